The maximum atomic E-state index is 5.82. The first kappa shape index (κ1) is 12.1. The minimum absolute atomic E-state index is 0.345. The van der Waals surface area contributed by atoms with Crippen LogP contribution in [0.3, 0.4) is 0 Å². The van der Waals surface area contributed by atoms with Crippen LogP contribution in [0.25, 0.3) is 11.1 Å². The van der Waals surface area contributed by atoms with Crippen LogP contribution in [0.15, 0.2) is 69.2 Å². The Labute approximate surface area is 115 Å². The van der Waals surface area contributed by atoms with Crippen LogP contribution < -0.4 is 5.73 Å². The van der Waals surface area contributed by atoms with E-state index >= 15 is 0 Å². The average molecular weight is 264 g/mol. The Bertz CT molecular complexity index is 742. The molecule has 5 nitrogen and oxygen atoms in total. The zero-order valence-corrected chi connectivity index (χ0v) is 10.6. The SMILES string of the molecule is N/C(=N\N=C\c1nc2ccccc2o1)c1ccccc1. The fourth-order valence-electron chi connectivity index (χ4n) is 1.75. The summed E-state index contributed by atoms with van der Waals surface area (Å²) < 4.78 is 5.49. The molecular formula is C15H12N4O. The number of para-hydroxylation sites is 2. The summed E-state index contributed by atoms with van der Waals surface area (Å²) in [6.07, 6.45) is 1.44. The van der Waals surface area contributed by atoms with E-state index in [1.165, 1.54) is 6.21 Å². The van der Waals surface area contributed by atoms with Crippen molar-refractivity contribution < 1.29 is 4.42 Å². The number of fused-ring (bicyclic) bond motifs is 1. The van der Waals surface area contributed by atoms with Gasteiger partial charge in [-0.25, -0.2) is 4.98 Å². The minimum Gasteiger partial charge on any atom is -0.435 e. The van der Waals surface area contributed by atoms with Crippen molar-refractivity contribution in [2.24, 2.45) is 15.9 Å². The lowest BCUT2D eigenvalue weighted by molar-refractivity contribution is 0.593. The summed E-state index contributed by atoms with van der Waals surface area (Å²) in [6.45, 7) is 0. The monoisotopic (exact) mass is 264 g/mol. The Balaban J connectivity index is 1.80. The molecule has 0 radical (unpaired) electrons. The van der Waals surface area contributed by atoms with Gasteiger partial charge in [0.2, 0.25) is 5.89 Å². The van der Waals surface area contributed by atoms with E-state index in [0.717, 1.165) is 11.1 Å². The summed E-state index contributed by atoms with van der Waals surface area (Å²) in [5.74, 6) is 0.744. The molecule has 2 aromatic carbocycles. The third-order valence-corrected chi connectivity index (χ3v) is 2.71. The van der Waals surface area contributed by atoms with Gasteiger partial charge in [-0.05, 0) is 12.1 Å². The summed E-state index contributed by atoms with van der Waals surface area (Å²) in [4.78, 5) is 4.26. The molecule has 3 aromatic rings. The zero-order chi connectivity index (χ0) is 13.8. The van der Waals surface area contributed by atoms with Crippen molar-refractivity contribution in [3.8, 4) is 0 Å². The molecule has 0 aliphatic carbocycles. The van der Waals surface area contributed by atoms with Crippen LogP contribution in [0.1, 0.15) is 11.5 Å². The van der Waals surface area contributed by atoms with Gasteiger partial charge in [-0.3, -0.25) is 0 Å². The molecule has 0 atom stereocenters. The normalized spacial score (nSPS) is 12.3. The molecule has 20 heavy (non-hydrogen) atoms. The molecule has 0 fully saturated rings. The summed E-state index contributed by atoms with van der Waals surface area (Å²) in [7, 11) is 0. The number of benzene rings is 2. The Morgan fingerprint density at radius 2 is 1.80 bits per heavy atom. The van der Waals surface area contributed by atoms with E-state index in [0.29, 0.717) is 17.3 Å². The molecule has 0 aliphatic rings. The molecule has 0 spiro atoms. The summed E-state index contributed by atoms with van der Waals surface area (Å²) in [5, 5.41) is 7.82. The number of nitrogens with zero attached hydrogens (tertiary/aromatic N) is 3. The van der Waals surface area contributed by atoms with Crippen LogP contribution in [0.2, 0.25) is 0 Å². The van der Waals surface area contributed by atoms with Gasteiger partial charge in [-0.2, -0.15) is 5.10 Å². The molecule has 1 heterocycles. The van der Waals surface area contributed by atoms with E-state index in [4.69, 9.17) is 10.2 Å². The highest BCUT2D eigenvalue weighted by Crippen LogP contribution is 2.13. The minimum atomic E-state index is 0.345. The van der Waals surface area contributed by atoms with Gasteiger partial charge >= 0.3 is 0 Å². The molecule has 0 saturated heterocycles. The maximum Gasteiger partial charge on any atom is 0.240 e. The highest BCUT2D eigenvalue weighted by atomic mass is 16.3. The highest BCUT2D eigenvalue weighted by Gasteiger charge is 2.01. The predicted octanol–water partition coefficient (Wildman–Crippen LogP) is 2.57. The van der Waals surface area contributed by atoms with E-state index in [-0.39, 0.29) is 0 Å². The van der Waals surface area contributed by atoms with Crippen LogP contribution in [0.4, 0.5) is 0 Å². The predicted molar refractivity (Wildman–Crippen MR) is 78.8 cm³/mol. The van der Waals surface area contributed by atoms with Gasteiger partial charge in [0.05, 0.1) is 0 Å². The van der Waals surface area contributed by atoms with E-state index in [9.17, 15) is 0 Å². The van der Waals surface area contributed by atoms with Crippen molar-refractivity contribution in [1.82, 2.24) is 4.98 Å². The lowest BCUT2D eigenvalue weighted by atomic mass is 10.2. The summed E-state index contributed by atoms with van der Waals surface area (Å²) in [5.41, 5.74) is 8.14. The van der Waals surface area contributed by atoms with Gasteiger partial charge < -0.3 is 10.2 Å². The second-order valence-electron chi connectivity index (χ2n) is 4.12. The standard InChI is InChI=1S/C15H12N4O/c16-15(11-6-2-1-3-7-11)19-17-10-14-18-12-8-4-5-9-13(12)20-14/h1-10H,(H2,16,19)/b17-10+. The van der Waals surface area contributed by atoms with Crippen molar-refractivity contribution in [2.75, 3.05) is 0 Å². The first-order chi connectivity index (χ1) is 9.83. The van der Waals surface area contributed by atoms with Gasteiger partial charge in [0.15, 0.2) is 11.4 Å². The smallest absolute Gasteiger partial charge is 0.240 e. The molecule has 98 valence electrons. The molecule has 0 bridgehead atoms. The van der Waals surface area contributed by atoms with Crippen molar-refractivity contribution in [3.63, 3.8) is 0 Å². The lowest BCUT2D eigenvalue weighted by Crippen LogP contribution is -2.12. The molecule has 2 N–H and O–H groups in total. The number of oxazole rings is 1. The second-order valence-corrected chi connectivity index (χ2v) is 4.12. The molecule has 0 unspecified atom stereocenters. The third-order valence-electron chi connectivity index (χ3n) is 2.71. The van der Waals surface area contributed by atoms with Gasteiger partial charge in [-0.1, -0.05) is 42.5 Å². The number of hydrogen-bond donors (Lipinski definition) is 1. The first-order valence-electron chi connectivity index (χ1n) is 6.10. The summed E-state index contributed by atoms with van der Waals surface area (Å²) >= 11 is 0. The van der Waals surface area contributed by atoms with Crippen LogP contribution in [-0.4, -0.2) is 17.0 Å². The molecule has 1 aromatic heterocycles. The fraction of sp³-hybridized carbons (Fsp3) is 0. The number of nitrogens with two attached hydrogens (primary N) is 1. The lowest BCUT2D eigenvalue weighted by Gasteiger charge is -1.95. The molecule has 0 aliphatic heterocycles. The Morgan fingerprint density at radius 1 is 1.05 bits per heavy atom. The van der Waals surface area contributed by atoms with Crippen molar-refractivity contribution in [1.29, 1.82) is 0 Å². The Morgan fingerprint density at radius 3 is 2.60 bits per heavy atom. The van der Waals surface area contributed by atoms with Crippen molar-refractivity contribution in [3.05, 3.63) is 66.1 Å². The largest absolute Gasteiger partial charge is 0.435 e. The topological polar surface area (TPSA) is 76.8 Å². The molecule has 5 heteroatoms. The van der Waals surface area contributed by atoms with Crippen molar-refractivity contribution >= 4 is 23.1 Å². The molecule has 0 amide bonds. The average Bonchev–Trinajstić information content (AvgIpc) is 2.90. The Kier molecular flexibility index (Phi) is 3.24. The van der Waals surface area contributed by atoms with Crippen LogP contribution >= 0.6 is 0 Å². The van der Waals surface area contributed by atoms with Gasteiger partial charge in [-0.15, -0.1) is 5.10 Å². The number of amidine groups is 1. The van der Waals surface area contributed by atoms with E-state index in [2.05, 4.69) is 15.2 Å². The van der Waals surface area contributed by atoms with Gasteiger partial charge in [0, 0.05) is 5.56 Å². The fourth-order valence-corrected chi connectivity index (χ4v) is 1.75. The number of rotatable bonds is 3. The van der Waals surface area contributed by atoms with Gasteiger partial charge in [0.25, 0.3) is 0 Å². The molecular weight excluding hydrogens is 252 g/mol. The van der Waals surface area contributed by atoms with Crippen molar-refractivity contribution in [2.45, 2.75) is 0 Å². The quantitative estimate of drug-likeness (QED) is 0.448. The van der Waals surface area contributed by atoms with Crippen LogP contribution in [-0.2, 0) is 0 Å². The zero-order valence-electron chi connectivity index (χ0n) is 10.6. The third kappa shape index (κ3) is 2.56. The molecule has 0 saturated carbocycles. The van der Waals surface area contributed by atoms with E-state index < -0.39 is 0 Å². The van der Waals surface area contributed by atoms with E-state index in [1.807, 2.05) is 54.6 Å². The second kappa shape index (κ2) is 5.36. The highest BCUT2D eigenvalue weighted by molar-refractivity contribution is 5.97. The number of hydrogen-bond acceptors (Lipinski definition) is 4. The van der Waals surface area contributed by atoms with Crippen LogP contribution in [0, 0.1) is 0 Å². The van der Waals surface area contributed by atoms with Gasteiger partial charge in [0.1, 0.15) is 11.7 Å². The first-order valence-corrected chi connectivity index (χ1v) is 6.10. The number of aromatic nitrogens is 1. The maximum absolute atomic E-state index is 5.82. The molecule has 3 rings (SSSR count). The summed E-state index contributed by atoms with van der Waals surface area (Å²) in [6, 6.07) is 16.9. The Hall–Kier alpha value is -2.95. The van der Waals surface area contributed by atoms with E-state index in [1.54, 1.807) is 0 Å². The van der Waals surface area contributed by atoms with Crippen LogP contribution in [0.5, 0.6) is 0 Å².